The first kappa shape index (κ1) is 11.6. The van der Waals surface area contributed by atoms with Gasteiger partial charge in [0.05, 0.1) is 0 Å². The van der Waals surface area contributed by atoms with Gasteiger partial charge in [-0.3, -0.25) is 9.59 Å². The van der Waals surface area contributed by atoms with Gasteiger partial charge in [-0.15, -0.1) is 0 Å². The maximum absolute atomic E-state index is 12.1. The third kappa shape index (κ3) is 2.64. The summed E-state index contributed by atoms with van der Waals surface area (Å²) in [4.78, 5) is 24.2. The van der Waals surface area contributed by atoms with Crippen molar-refractivity contribution in [3.05, 3.63) is 35.4 Å². The molecule has 1 aliphatic rings. The highest BCUT2D eigenvalue weighted by Crippen LogP contribution is 2.18. The Morgan fingerprint density at radius 1 is 1.35 bits per heavy atom. The molecule has 0 saturated heterocycles. The minimum Gasteiger partial charge on any atom is -0.481 e. The molecule has 1 aromatic rings. The van der Waals surface area contributed by atoms with Gasteiger partial charge in [-0.2, -0.15) is 0 Å². The molecular formula is C13H15NO3. The molecule has 0 saturated carbocycles. The van der Waals surface area contributed by atoms with Crippen LogP contribution < -0.4 is 0 Å². The first-order valence-corrected chi connectivity index (χ1v) is 5.77. The molecule has 4 heteroatoms. The zero-order valence-corrected chi connectivity index (χ0v) is 9.56. The van der Waals surface area contributed by atoms with Gasteiger partial charge in [0.1, 0.15) is 0 Å². The average Bonchev–Trinajstić information content (AvgIpc) is 2.32. The van der Waals surface area contributed by atoms with Crippen LogP contribution in [0.4, 0.5) is 0 Å². The van der Waals surface area contributed by atoms with Crippen molar-refractivity contribution >= 4 is 11.9 Å². The Morgan fingerprint density at radius 2 is 2.12 bits per heavy atom. The van der Waals surface area contributed by atoms with Gasteiger partial charge in [-0.05, 0) is 24.5 Å². The lowest BCUT2D eigenvalue weighted by Gasteiger charge is -2.28. The molecule has 1 amide bonds. The second kappa shape index (κ2) is 4.99. The van der Waals surface area contributed by atoms with Crippen LogP contribution in [0, 0.1) is 0 Å². The second-order valence-electron chi connectivity index (χ2n) is 4.20. The molecule has 0 atom stereocenters. The van der Waals surface area contributed by atoms with E-state index in [2.05, 4.69) is 0 Å². The molecule has 90 valence electrons. The molecule has 0 bridgehead atoms. The Hall–Kier alpha value is -1.84. The summed E-state index contributed by atoms with van der Waals surface area (Å²) < 4.78 is 0. The van der Waals surface area contributed by atoms with E-state index >= 15 is 0 Å². The van der Waals surface area contributed by atoms with Crippen LogP contribution >= 0.6 is 0 Å². The number of hydrogen-bond donors (Lipinski definition) is 1. The van der Waals surface area contributed by atoms with Crippen molar-refractivity contribution in [2.45, 2.75) is 19.3 Å². The van der Waals surface area contributed by atoms with Crippen molar-refractivity contribution in [3.8, 4) is 0 Å². The van der Waals surface area contributed by atoms with Gasteiger partial charge in [0.25, 0.3) is 5.91 Å². The van der Waals surface area contributed by atoms with E-state index in [0.29, 0.717) is 19.5 Å². The van der Waals surface area contributed by atoms with E-state index < -0.39 is 5.97 Å². The third-order valence-corrected chi connectivity index (χ3v) is 3.00. The van der Waals surface area contributed by atoms with Crippen LogP contribution in [0.15, 0.2) is 24.3 Å². The van der Waals surface area contributed by atoms with Crippen molar-refractivity contribution in [3.63, 3.8) is 0 Å². The normalized spacial score (nSPS) is 14.6. The van der Waals surface area contributed by atoms with Gasteiger partial charge in [0.15, 0.2) is 0 Å². The van der Waals surface area contributed by atoms with E-state index in [1.807, 2.05) is 24.3 Å². The summed E-state index contributed by atoms with van der Waals surface area (Å²) in [6, 6.07) is 7.60. The van der Waals surface area contributed by atoms with Crippen molar-refractivity contribution in [2.75, 3.05) is 13.1 Å². The number of aliphatic carboxylic acids is 1. The van der Waals surface area contributed by atoms with E-state index in [0.717, 1.165) is 17.5 Å². The molecule has 0 aliphatic carbocycles. The smallest absolute Gasteiger partial charge is 0.303 e. The SMILES string of the molecule is O=C(O)CCCN1CCc2ccccc2C1=O. The number of carboxylic acids is 1. The first-order valence-electron chi connectivity index (χ1n) is 5.77. The Balaban J connectivity index is 2.00. The molecule has 0 spiro atoms. The van der Waals surface area contributed by atoms with Gasteiger partial charge in [-0.1, -0.05) is 18.2 Å². The summed E-state index contributed by atoms with van der Waals surface area (Å²) in [5.74, 6) is -0.785. The fraction of sp³-hybridized carbons (Fsp3) is 0.385. The summed E-state index contributed by atoms with van der Waals surface area (Å²) in [5.41, 5.74) is 1.85. The molecular weight excluding hydrogens is 218 g/mol. The summed E-state index contributed by atoms with van der Waals surface area (Å²) in [5, 5.41) is 8.56. The number of carbonyl (C=O) groups is 2. The maximum atomic E-state index is 12.1. The molecule has 1 aliphatic heterocycles. The molecule has 17 heavy (non-hydrogen) atoms. The molecule has 1 aromatic carbocycles. The molecule has 1 heterocycles. The number of hydrogen-bond acceptors (Lipinski definition) is 2. The van der Waals surface area contributed by atoms with Gasteiger partial charge in [0, 0.05) is 25.1 Å². The lowest BCUT2D eigenvalue weighted by atomic mass is 9.99. The number of benzene rings is 1. The third-order valence-electron chi connectivity index (χ3n) is 3.00. The number of carbonyl (C=O) groups excluding carboxylic acids is 1. The summed E-state index contributed by atoms with van der Waals surface area (Å²) in [7, 11) is 0. The standard InChI is InChI=1S/C13H15NO3/c15-12(16)6-3-8-14-9-7-10-4-1-2-5-11(10)13(14)17/h1-2,4-5H,3,6-9H2,(H,15,16). The predicted molar refractivity (Wildman–Crippen MR) is 62.9 cm³/mol. The van der Waals surface area contributed by atoms with Crippen LogP contribution in [-0.4, -0.2) is 35.0 Å². The monoisotopic (exact) mass is 233 g/mol. The molecule has 0 fully saturated rings. The van der Waals surface area contributed by atoms with Crippen LogP contribution in [0.1, 0.15) is 28.8 Å². The van der Waals surface area contributed by atoms with Crippen molar-refractivity contribution in [1.82, 2.24) is 4.90 Å². The zero-order chi connectivity index (χ0) is 12.3. The van der Waals surface area contributed by atoms with Crippen LogP contribution in [0.3, 0.4) is 0 Å². The number of fused-ring (bicyclic) bond motifs is 1. The van der Waals surface area contributed by atoms with Crippen LogP contribution in [0.2, 0.25) is 0 Å². The van der Waals surface area contributed by atoms with E-state index in [1.54, 1.807) is 4.90 Å². The Kier molecular flexibility index (Phi) is 3.42. The predicted octanol–water partition coefficient (Wildman–Crippen LogP) is 1.55. The zero-order valence-electron chi connectivity index (χ0n) is 9.56. The molecule has 0 radical (unpaired) electrons. The van der Waals surface area contributed by atoms with Crippen LogP contribution in [-0.2, 0) is 11.2 Å². The Labute approximate surface area is 99.9 Å². The molecule has 0 unspecified atom stereocenters. The van der Waals surface area contributed by atoms with Crippen molar-refractivity contribution in [1.29, 1.82) is 0 Å². The highest BCUT2D eigenvalue weighted by atomic mass is 16.4. The molecule has 1 N–H and O–H groups in total. The maximum Gasteiger partial charge on any atom is 0.303 e. The van der Waals surface area contributed by atoms with E-state index in [1.165, 1.54) is 0 Å². The number of amides is 1. The fourth-order valence-corrected chi connectivity index (χ4v) is 2.11. The first-order chi connectivity index (χ1) is 8.18. The van der Waals surface area contributed by atoms with E-state index in [-0.39, 0.29) is 12.3 Å². The second-order valence-corrected chi connectivity index (χ2v) is 4.20. The number of nitrogens with zero attached hydrogens (tertiary/aromatic N) is 1. The van der Waals surface area contributed by atoms with Gasteiger partial charge < -0.3 is 10.0 Å². The average molecular weight is 233 g/mol. The van der Waals surface area contributed by atoms with Crippen molar-refractivity contribution < 1.29 is 14.7 Å². The summed E-state index contributed by atoms with van der Waals surface area (Å²) in [6.45, 7) is 1.22. The largest absolute Gasteiger partial charge is 0.481 e. The Morgan fingerprint density at radius 3 is 2.88 bits per heavy atom. The summed E-state index contributed by atoms with van der Waals surface area (Å²) >= 11 is 0. The fourth-order valence-electron chi connectivity index (χ4n) is 2.11. The Bertz CT molecular complexity index is 442. The van der Waals surface area contributed by atoms with Crippen LogP contribution in [0.5, 0.6) is 0 Å². The molecule has 0 aromatic heterocycles. The highest BCUT2D eigenvalue weighted by molar-refractivity contribution is 5.96. The minimum absolute atomic E-state index is 0.0252. The minimum atomic E-state index is -0.810. The van der Waals surface area contributed by atoms with E-state index in [9.17, 15) is 9.59 Å². The molecule has 4 nitrogen and oxygen atoms in total. The van der Waals surface area contributed by atoms with E-state index in [4.69, 9.17) is 5.11 Å². The topological polar surface area (TPSA) is 57.6 Å². The molecule has 2 rings (SSSR count). The quantitative estimate of drug-likeness (QED) is 0.858. The highest BCUT2D eigenvalue weighted by Gasteiger charge is 2.23. The lowest BCUT2D eigenvalue weighted by molar-refractivity contribution is -0.137. The van der Waals surface area contributed by atoms with Crippen LogP contribution in [0.25, 0.3) is 0 Å². The summed E-state index contributed by atoms with van der Waals surface area (Å²) in [6.07, 6.45) is 1.49. The number of rotatable bonds is 4. The van der Waals surface area contributed by atoms with Crippen molar-refractivity contribution in [2.24, 2.45) is 0 Å². The lowest BCUT2D eigenvalue weighted by Crippen LogP contribution is -2.38. The van der Waals surface area contributed by atoms with Gasteiger partial charge in [-0.25, -0.2) is 0 Å². The number of carboxylic acid groups (broad SMARTS) is 1. The van der Waals surface area contributed by atoms with Gasteiger partial charge in [0.2, 0.25) is 0 Å². The van der Waals surface area contributed by atoms with Gasteiger partial charge >= 0.3 is 5.97 Å².